The van der Waals surface area contributed by atoms with Crippen LogP contribution in [-0.2, 0) is 6.42 Å². The molecule has 1 aliphatic rings. The Morgan fingerprint density at radius 2 is 2.21 bits per heavy atom. The molecule has 28 heavy (non-hydrogen) atoms. The summed E-state index contributed by atoms with van der Waals surface area (Å²) in [6.45, 7) is 5.24. The highest BCUT2D eigenvalue weighted by Gasteiger charge is 2.26. The number of nitrogens with zero attached hydrogens (tertiary/aromatic N) is 6. The first-order valence-corrected chi connectivity index (χ1v) is 9.43. The van der Waals surface area contributed by atoms with Crippen LogP contribution in [0.2, 0.25) is 0 Å². The number of hydrogen-bond donors (Lipinski definition) is 0. The van der Waals surface area contributed by atoms with Crippen molar-refractivity contribution >= 4 is 5.91 Å². The molecule has 0 aromatic carbocycles. The van der Waals surface area contributed by atoms with Crippen molar-refractivity contribution in [3.8, 4) is 11.3 Å². The normalized spacial score (nSPS) is 16.9. The number of hydrogen-bond acceptors (Lipinski definition) is 7. The van der Waals surface area contributed by atoms with E-state index >= 15 is 0 Å². The van der Waals surface area contributed by atoms with Crippen molar-refractivity contribution in [2.24, 2.45) is 5.92 Å². The smallest absolute Gasteiger partial charge is 0.274 e. The molecule has 3 aromatic heterocycles. The zero-order valence-corrected chi connectivity index (χ0v) is 16.0. The SMILES string of the molecule is Cc1noc(C)c1-c1cc(C[C@H]2CCCN(C(=O)c3cccnn3)C2)ncn1. The van der Waals surface area contributed by atoms with Gasteiger partial charge in [0, 0.05) is 25.0 Å². The first-order valence-electron chi connectivity index (χ1n) is 9.43. The zero-order chi connectivity index (χ0) is 19.5. The number of amides is 1. The predicted molar refractivity (Wildman–Crippen MR) is 101 cm³/mol. The van der Waals surface area contributed by atoms with E-state index in [1.54, 1.807) is 24.7 Å². The molecule has 4 heterocycles. The Balaban J connectivity index is 1.47. The van der Waals surface area contributed by atoms with Crippen LogP contribution in [0.3, 0.4) is 0 Å². The van der Waals surface area contributed by atoms with Crippen molar-refractivity contribution in [3.63, 3.8) is 0 Å². The first kappa shape index (κ1) is 18.2. The molecule has 144 valence electrons. The first-order chi connectivity index (χ1) is 13.6. The van der Waals surface area contributed by atoms with Crippen LogP contribution in [-0.4, -0.2) is 49.2 Å². The maximum atomic E-state index is 12.7. The predicted octanol–water partition coefficient (Wildman–Crippen LogP) is 2.63. The maximum Gasteiger partial charge on any atom is 0.274 e. The molecule has 0 aliphatic carbocycles. The van der Waals surface area contributed by atoms with Gasteiger partial charge in [0.25, 0.3) is 5.91 Å². The Morgan fingerprint density at radius 3 is 2.96 bits per heavy atom. The fraction of sp³-hybridized carbons (Fsp3) is 0.400. The van der Waals surface area contributed by atoms with Gasteiger partial charge in [0.15, 0.2) is 5.69 Å². The van der Waals surface area contributed by atoms with Crippen LogP contribution < -0.4 is 0 Å². The van der Waals surface area contributed by atoms with Gasteiger partial charge in [-0.15, -0.1) is 5.10 Å². The standard InChI is InChI=1S/C20H22N6O2/c1-13-19(14(2)28-25-13)18-10-16(21-12-22-18)9-15-5-4-8-26(11-15)20(27)17-6-3-7-23-24-17/h3,6-7,10,12,15H,4-5,8-9,11H2,1-2H3/t15-/m1/s1. The van der Waals surface area contributed by atoms with E-state index in [-0.39, 0.29) is 5.91 Å². The third-order valence-corrected chi connectivity index (χ3v) is 5.11. The van der Waals surface area contributed by atoms with Crippen LogP contribution in [0.4, 0.5) is 0 Å². The van der Waals surface area contributed by atoms with Gasteiger partial charge in [-0.3, -0.25) is 4.79 Å². The second-order valence-electron chi connectivity index (χ2n) is 7.17. The Labute approximate surface area is 163 Å². The average Bonchev–Trinajstić information content (AvgIpc) is 3.06. The second-order valence-corrected chi connectivity index (χ2v) is 7.17. The highest BCUT2D eigenvalue weighted by molar-refractivity contribution is 5.92. The Morgan fingerprint density at radius 1 is 1.32 bits per heavy atom. The lowest BCUT2D eigenvalue weighted by atomic mass is 9.92. The number of rotatable bonds is 4. The van der Waals surface area contributed by atoms with E-state index in [2.05, 4.69) is 25.3 Å². The molecule has 0 radical (unpaired) electrons. The minimum Gasteiger partial charge on any atom is -0.361 e. The Kier molecular flexibility index (Phi) is 5.10. The number of carbonyl (C=O) groups excluding carboxylic acids is 1. The molecule has 0 spiro atoms. The summed E-state index contributed by atoms with van der Waals surface area (Å²) >= 11 is 0. The third-order valence-electron chi connectivity index (χ3n) is 5.11. The second kappa shape index (κ2) is 7.84. The molecule has 8 nitrogen and oxygen atoms in total. The highest BCUT2D eigenvalue weighted by Crippen LogP contribution is 2.27. The Hall–Kier alpha value is -3.16. The lowest BCUT2D eigenvalue weighted by Crippen LogP contribution is -2.41. The van der Waals surface area contributed by atoms with Crippen LogP contribution in [0, 0.1) is 19.8 Å². The summed E-state index contributed by atoms with van der Waals surface area (Å²) in [6.07, 6.45) is 5.99. The van der Waals surface area contributed by atoms with E-state index in [0.717, 1.165) is 54.2 Å². The monoisotopic (exact) mass is 378 g/mol. The molecule has 0 unspecified atom stereocenters. The third kappa shape index (κ3) is 3.76. The van der Waals surface area contributed by atoms with Gasteiger partial charge < -0.3 is 9.42 Å². The van der Waals surface area contributed by atoms with E-state index in [0.29, 0.717) is 18.2 Å². The summed E-state index contributed by atoms with van der Waals surface area (Å²) in [5.41, 5.74) is 3.92. The number of likely N-dealkylation sites (tertiary alicyclic amines) is 1. The largest absolute Gasteiger partial charge is 0.361 e. The number of aromatic nitrogens is 5. The fourth-order valence-corrected chi connectivity index (χ4v) is 3.78. The van der Waals surface area contributed by atoms with Crippen molar-refractivity contribution < 1.29 is 9.32 Å². The molecule has 8 heteroatoms. The summed E-state index contributed by atoms with van der Waals surface area (Å²) in [6, 6.07) is 5.44. The van der Waals surface area contributed by atoms with Gasteiger partial charge in [0.05, 0.1) is 17.0 Å². The van der Waals surface area contributed by atoms with Crippen molar-refractivity contribution in [2.45, 2.75) is 33.1 Å². The molecular weight excluding hydrogens is 356 g/mol. The van der Waals surface area contributed by atoms with Crippen LogP contribution in [0.15, 0.2) is 35.2 Å². The fourth-order valence-electron chi connectivity index (χ4n) is 3.78. The molecule has 1 amide bonds. The summed E-state index contributed by atoms with van der Waals surface area (Å²) in [4.78, 5) is 23.4. The van der Waals surface area contributed by atoms with Crippen molar-refractivity contribution in [2.75, 3.05) is 13.1 Å². The molecule has 0 N–H and O–H groups in total. The Bertz CT molecular complexity index is 952. The van der Waals surface area contributed by atoms with Crippen molar-refractivity contribution in [3.05, 3.63) is 53.6 Å². The lowest BCUT2D eigenvalue weighted by molar-refractivity contribution is 0.0665. The van der Waals surface area contributed by atoms with E-state index in [1.165, 1.54) is 0 Å². The lowest BCUT2D eigenvalue weighted by Gasteiger charge is -2.32. The van der Waals surface area contributed by atoms with Gasteiger partial charge in [-0.05, 0) is 57.2 Å². The van der Waals surface area contributed by atoms with Gasteiger partial charge in [-0.25, -0.2) is 9.97 Å². The van der Waals surface area contributed by atoms with Gasteiger partial charge >= 0.3 is 0 Å². The van der Waals surface area contributed by atoms with Gasteiger partial charge in [-0.2, -0.15) is 5.10 Å². The molecule has 1 saturated heterocycles. The van der Waals surface area contributed by atoms with Crippen LogP contribution >= 0.6 is 0 Å². The van der Waals surface area contributed by atoms with Gasteiger partial charge in [0.2, 0.25) is 0 Å². The number of piperidine rings is 1. The minimum atomic E-state index is -0.0584. The molecule has 4 rings (SSSR count). The molecule has 0 bridgehead atoms. The zero-order valence-electron chi connectivity index (χ0n) is 16.0. The molecular formula is C20H22N6O2. The summed E-state index contributed by atoms with van der Waals surface area (Å²) in [5, 5.41) is 11.8. The van der Waals surface area contributed by atoms with Crippen LogP contribution in [0.1, 0.15) is 40.5 Å². The van der Waals surface area contributed by atoms with Crippen LogP contribution in [0.5, 0.6) is 0 Å². The minimum absolute atomic E-state index is 0.0584. The van der Waals surface area contributed by atoms with Gasteiger partial charge in [-0.1, -0.05) is 5.16 Å². The van der Waals surface area contributed by atoms with Crippen LogP contribution in [0.25, 0.3) is 11.3 Å². The van der Waals surface area contributed by atoms with E-state index in [9.17, 15) is 4.79 Å². The summed E-state index contributed by atoms with van der Waals surface area (Å²) in [7, 11) is 0. The molecule has 1 fully saturated rings. The van der Waals surface area contributed by atoms with E-state index in [1.807, 2.05) is 24.8 Å². The highest BCUT2D eigenvalue weighted by atomic mass is 16.5. The topological polar surface area (TPSA) is 97.9 Å². The van der Waals surface area contributed by atoms with E-state index < -0.39 is 0 Å². The quantitative estimate of drug-likeness (QED) is 0.688. The summed E-state index contributed by atoms with van der Waals surface area (Å²) in [5.74, 6) is 1.04. The summed E-state index contributed by atoms with van der Waals surface area (Å²) < 4.78 is 5.26. The molecule has 0 saturated carbocycles. The van der Waals surface area contributed by atoms with Gasteiger partial charge in [0.1, 0.15) is 12.1 Å². The van der Waals surface area contributed by atoms with Crippen molar-refractivity contribution in [1.82, 2.24) is 30.2 Å². The number of carbonyl (C=O) groups is 1. The molecule has 3 aromatic rings. The van der Waals surface area contributed by atoms with E-state index in [4.69, 9.17) is 4.52 Å². The molecule has 1 atom stereocenters. The average molecular weight is 378 g/mol. The molecule has 1 aliphatic heterocycles. The number of aryl methyl sites for hydroxylation is 2. The van der Waals surface area contributed by atoms with Crippen molar-refractivity contribution in [1.29, 1.82) is 0 Å². The maximum absolute atomic E-state index is 12.7.